The van der Waals surface area contributed by atoms with Crippen LogP contribution in [-0.4, -0.2) is 53.8 Å². The molecule has 0 aliphatic carbocycles. The Morgan fingerprint density at radius 3 is 3.27 bits per heavy atom. The molecule has 0 spiro atoms. The largest absolute Gasteiger partial charge is 0.376 e. The maximum absolute atomic E-state index is 11.4. The molecular formula is C8H12N4O3. The van der Waals surface area contributed by atoms with Gasteiger partial charge < -0.3 is 14.8 Å². The van der Waals surface area contributed by atoms with Crippen molar-refractivity contribution in [3.05, 3.63) is 11.9 Å². The molecule has 0 radical (unpaired) electrons. The lowest BCUT2D eigenvalue weighted by molar-refractivity contribution is -0.0855. The van der Waals surface area contributed by atoms with E-state index in [4.69, 9.17) is 9.47 Å². The number of carbonyl (C=O) groups is 1. The molecule has 1 aliphatic heterocycles. The lowest BCUT2D eigenvalue weighted by atomic mass is 10.3. The summed E-state index contributed by atoms with van der Waals surface area (Å²) in [5.41, 5.74) is 0.270. The third-order valence-corrected chi connectivity index (χ3v) is 2.02. The highest BCUT2D eigenvalue weighted by Gasteiger charge is 2.16. The summed E-state index contributed by atoms with van der Waals surface area (Å²) in [6.07, 6.45) is 1.29. The number of hydrogen-bond acceptors (Lipinski definition) is 5. The fraction of sp³-hybridized carbons (Fsp3) is 0.625. The molecule has 1 aromatic rings. The molecule has 2 N–H and O–H groups in total. The van der Waals surface area contributed by atoms with Crippen LogP contribution in [0.25, 0.3) is 0 Å². The van der Waals surface area contributed by atoms with Crippen molar-refractivity contribution in [3.63, 3.8) is 0 Å². The predicted octanol–water partition coefficient (Wildman–Crippen LogP) is -1.05. The zero-order valence-corrected chi connectivity index (χ0v) is 8.10. The van der Waals surface area contributed by atoms with E-state index in [9.17, 15) is 4.79 Å². The van der Waals surface area contributed by atoms with Crippen LogP contribution in [0.5, 0.6) is 0 Å². The molecule has 7 nitrogen and oxygen atoms in total. The summed E-state index contributed by atoms with van der Waals surface area (Å²) in [4.78, 5) is 11.4. The zero-order chi connectivity index (χ0) is 10.5. The Morgan fingerprint density at radius 1 is 1.67 bits per heavy atom. The Kier molecular flexibility index (Phi) is 3.25. The zero-order valence-electron chi connectivity index (χ0n) is 8.10. The van der Waals surface area contributed by atoms with Crippen LogP contribution >= 0.6 is 0 Å². The van der Waals surface area contributed by atoms with E-state index in [2.05, 4.69) is 20.7 Å². The molecular weight excluding hydrogens is 200 g/mol. The predicted molar refractivity (Wildman–Crippen MR) is 49.3 cm³/mol. The van der Waals surface area contributed by atoms with Gasteiger partial charge in [0.2, 0.25) is 0 Å². The molecule has 1 amide bonds. The average molecular weight is 212 g/mol. The van der Waals surface area contributed by atoms with Crippen molar-refractivity contribution < 1.29 is 14.3 Å². The van der Waals surface area contributed by atoms with E-state index in [1.807, 2.05) is 0 Å². The topological polar surface area (TPSA) is 89.1 Å². The smallest absolute Gasteiger partial charge is 0.273 e. The van der Waals surface area contributed by atoms with Crippen molar-refractivity contribution in [2.75, 3.05) is 26.4 Å². The Morgan fingerprint density at radius 2 is 2.60 bits per heavy atom. The molecule has 7 heteroatoms. The molecule has 1 aromatic heterocycles. The third-order valence-electron chi connectivity index (χ3n) is 2.02. The van der Waals surface area contributed by atoms with Gasteiger partial charge in [0.15, 0.2) is 5.69 Å². The summed E-state index contributed by atoms with van der Waals surface area (Å²) in [6, 6.07) is 0. The van der Waals surface area contributed by atoms with Crippen molar-refractivity contribution in [2.24, 2.45) is 0 Å². The van der Waals surface area contributed by atoms with E-state index in [0.717, 1.165) is 0 Å². The van der Waals surface area contributed by atoms with Gasteiger partial charge in [0, 0.05) is 6.54 Å². The minimum atomic E-state index is -0.266. The highest BCUT2D eigenvalue weighted by molar-refractivity contribution is 5.91. The van der Waals surface area contributed by atoms with Gasteiger partial charge in [-0.1, -0.05) is 0 Å². The van der Waals surface area contributed by atoms with Crippen LogP contribution in [0.2, 0.25) is 0 Å². The second-order valence-corrected chi connectivity index (χ2v) is 3.13. The van der Waals surface area contributed by atoms with E-state index in [0.29, 0.717) is 26.4 Å². The van der Waals surface area contributed by atoms with E-state index in [1.54, 1.807) is 0 Å². The minimum Gasteiger partial charge on any atom is -0.376 e. The summed E-state index contributed by atoms with van der Waals surface area (Å²) >= 11 is 0. The van der Waals surface area contributed by atoms with Gasteiger partial charge in [0.05, 0.1) is 32.1 Å². The van der Waals surface area contributed by atoms with Crippen LogP contribution < -0.4 is 5.32 Å². The number of nitrogens with zero attached hydrogens (tertiary/aromatic N) is 2. The quantitative estimate of drug-likeness (QED) is 0.667. The Labute approximate surface area is 86.1 Å². The summed E-state index contributed by atoms with van der Waals surface area (Å²) in [6.45, 7) is 2.13. The van der Waals surface area contributed by atoms with Gasteiger partial charge in [-0.15, -0.1) is 0 Å². The molecule has 1 aliphatic rings. The van der Waals surface area contributed by atoms with Crippen LogP contribution in [0.3, 0.4) is 0 Å². The molecule has 0 saturated carbocycles. The summed E-state index contributed by atoms with van der Waals surface area (Å²) in [5, 5.41) is 12.3. The van der Waals surface area contributed by atoms with Crippen molar-refractivity contribution in [3.8, 4) is 0 Å². The van der Waals surface area contributed by atoms with Gasteiger partial charge in [0.25, 0.3) is 5.91 Å². The van der Waals surface area contributed by atoms with Crippen LogP contribution in [0.1, 0.15) is 10.5 Å². The number of amides is 1. The maximum Gasteiger partial charge on any atom is 0.273 e. The van der Waals surface area contributed by atoms with Gasteiger partial charge >= 0.3 is 0 Å². The maximum atomic E-state index is 11.4. The number of rotatable bonds is 3. The second kappa shape index (κ2) is 4.85. The van der Waals surface area contributed by atoms with Crippen molar-refractivity contribution >= 4 is 5.91 Å². The Hall–Kier alpha value is -1.47. The highest BCUT2D eigenvalue weighted by Crippen LogP contribution is 1.99. The summed E-state index contributed by atoms with van der Waals surface area (Å²) < 4.78 is 10.6. The van der Waals surface area contributed by atoms with Gasteiger partial charge in [0.1, 0.15) is 0 Å². The van der Waals surface area contributed by atoms with E-state index in [-0.39, 0.29) is 17.7 Å². The summed E-state index contributed by atoms with van der Waals surface area (Å²) in [7, 11) is 0. The normalized spacial score (nSPS) is 21.2. The number of nitrogens with one attached hydrogen (secondary N) is 2. The lowest BCUT2D eigenvalue weighted by Crippen LogP contribution is -2.39. The van der Waals surface area contributed by atoms with Gasteiger partial charge in [-0.25, -0.2) is 0 Å². The van der Waals surface area contributed by atoms with Gasteiger partial charge in [-0.2, -0.15) is 15.4 Å². The molecule has 1 atom stereocenters. The molecule has 2 rings (SSSR count). The first-order chi connectivity index (χ1) is 7.36. The highest BCUT2D eigenvalue weighted by atomic mass is 16.6. The van der Waals surface area contributed by atoms with Crippen LogP contribution in [0.4, 0.5) is 0 Å². The second-order valence-electron chi connectivity index (χ2n) is 3.13. The first-order valence-corrected chi connectivity index (χ1v) is 4.69. The molecule has 0 aromatic carbocycles. The molecule has 15 heavy (non-hydrogen) atoms. The first kappa shape index (κ1) is 10.1. The summed E-state index contributed by atoms with van der Waals surface area (Å²) in [5.74, 6) is -0.266. The third kappa shape index (κ3) is 2.74. The number of aromatic amines is 1. The number of carbonyl (C=O) groups excluding carboxylic acids is 1. The van der Waals surface area contributed by atoms with E-state index < -0.39 is 0 Å². The Balaban J connectivity index is 1.75. The van der Waals surface area contributed by atoms with Gasteiger partial charge in [-0.3, -0.25) is 4.79 Å². The Bertz CT molecular complexity index is 308. The molecule has 1 saturated heterocycles. The standard InChI is InChI=1S/C8H12N4O3/c13-8(7-4-10-12-11-7)9-3-6-5-14-1-2-15-6/h4,6H,1-3,5H2,(H,9,13)(H,10,11,12)/t6-/m0/s1. The molecule has 1 fully saturated rings. The number of aromatic nitrogens is 3. The molecule has 0 bridgehead atoms. The lowest BCUT2D eigenvalue weighted by Gasteiger charge is -2.22. The molecule has 0 unspecified atom stereocenters. The van der Waals surface area contributed by atoms with Crippen molar-refractivity contribution in [2.45, 2.75) is 6.10 Å². The molecule has 82 valence electrons. The monoisotopic (exact) mass is 212 g/mol. The number of hydrogen-bond donors (Lipinski definition) is 2. The van der Waals surface area contributed by atoms with Crippen LogP contribution in [-0.2, 0) is 9.47 Å². The SMILES string of the molecule is O=C(NC[C@H]1COCCO1)c1cn[nH]n1. The minimum absolute atomic E-state index is 0.0744. The number of ether oxygens (including phenoxy) is 2. The fourth-order valence-electron chi connectivity index (χ4n) is 1.26. The first-order valence-electron chi connectivity index (χ1n) is 4.69. The van der Waals surface area contributed by atoms with E-state index in [1.165, 1.54) is 6.20 Å². The van der Waals surface area contributed by atoms with E-state index >= 15 is 0 Å². The van der Waals surface area contributed by atoms with Crippen molar-refractivity contribution in [1.82, 2.24) is 20.7 Å². The molecule has 2 heterocycles. The van der Waals surface area contributed by atoms with Crippen molar-refractivity contribution in [1.29, 1.82) is 0 Å². The van der Waals surface area contributed by atoms with Crippen LogP contribution in [0.15, 0.2) is 6.20 Å². The average Bonchev–Trinajstić information content (AvgIpc) is 2.81. The van der Waals surface area contributed by atoms with Gasteiger partial charge in [-0.05, 0) is 0 Å². The fourth-order valence-corrected chi connectivity index (χ4v) is 1.26. The number of H-pyrrole nitrogens is 1. The van der Waals surface area contributed by atoms with Crippen LogP contribution in [0, 0.1) is 0 Å².